The monoisotopic (exact) mass is 547 g/mol. The van der Waals surface area contributed by atoms with Crippen LogP contribution >= 0.6 is 11.6 Å². The van der Waals surface area contributed by atoms with Crippen molar-refractivity contribution in [1.29, 1.82) is 0 Å². The Morgan fingerprint density at radius 2 is 1.97 bits per heavy atom. The van der Waals surface area contributed by atoms with E-state index in [1.165, 1.54) is 4.90 Å². The molecule has 0 radical (unpaired) electrons. The van der Waals surface area contributed by atoms with Crippen LogP contribution in [-0.4, -0.2) is 58.1 Å². The zero-order valence-corrected chi connectivity index (χ0v) is 22.4. The van der Waals surface area contributed by atoms with Gasteiger partial charge in [0.2, 0.25) is 11.8 Å². The van der Waals surface area contributed by atoms with Gasteiger partial charge in [0.25, 0.3) is 0 Å². The lowest BCUT2D eigenvalue weighted by Crippen LogP contribution is -2.46. The molecule has 202 valence electrons. The maximum Gasteiger partial charge on any atom is 0.247 e. The molecule has 1 aliphatic heterocycles. The Balaban J connectivity index is 1.52. The van der Waals surface area contributed by atoms with Gasteiger partial charge >= 0.3 is 0 Å². The van der Waals surface area contributed by atoms with E-state index < -0.39 is 6.04 Å². The second kappa shape index (κ2) is 12.3. The molecule has 1 fully saturated rings. The number of fused-ring (bicyclic) bond motifs is 1. The van der Waals surface area contributed by atoms with Gasteiger partial charge in [0.15, 0.2) is 0 Å². The second-order valence-electron chi connectivity index (χ2n) is 9.41. The highest BCUT2D eigenvalue weighted by Crippen LogP contribution is 2.29. The number of halogens is 1. The molecule has 1 saturated heterocycles. The van der Waals surface area contributed by atoms with Crippen LogP contribution < -0.4 is 10.1 Å². The zero-order chi connectivity index (χ0) is 27.2. The molecule has 0 spiro atoms. The van der Waals surface area contributed by atoms with E-state index >= 15 is 0 Å². The first-order valence-corrected chi connectivity index (χ1v) is 13.3. The molecule has 0 bridgehead atoms. The van der Waals surface area contributed by atoms with E-state index in [4.69, 9.17) is 21.1 Å². The Bertz CT molecular complexity index is 1450. The molecule has 0 unspecified atom stereocenters. The number of hydrogen-bond donors (Lipinski definition) is 1. The molecule has 0 saturated carbocycles. The molecular formula is C29H30ClN5O4. The molecule has 2 heterocycles. The smallest absolute Gasteiger partial charge is 0.247 e. The number of rotatable bonds is 10. The van der Waals surface area contributed by atoms with Gasteiger partial charge in [0, 0.05) is 24.7 Å². The van der Waals surface area contributed by atoms with Crippen molar-refractivity contribution in [2.45, 2.75) is 38.1 Å². The summed E-state index contributed by atoms with van der Waals surface area (Å²) in [6, 6.07) is 20.9. The molecule has 1 aliphatic rings. The molecule has 5 rings (SSSR count). The number of carbonyl (C=O) groups is 2. The maximum atomic E-state index is 14.1. The van der Waals surface area contributed by atoms with E-state index in [1.807, 2.05) is 48.5 Å². The average molecular weight is 548 g/mol. The maximum absolute atomic E-state index is 14.1. The molecule has 9 nitrogen and oxygen atoms in total. The van der Waals surface area contributed by atoms with Gasteiger partial charge in [0.05, 0.1) is 18.7 Å². The van der Waals surface area contributed by atoms with Crippen LogP contribution in [0.1, 0.15) is 30.0 Å². The lowest BCUT2D eigenvalue weighted by molar-refractivity contribution is -0.142. The van der Waals surface area contributed by atoms with Crippen LogP contribution in [0.25, 0.3) is 11.0 Å². The first kappa shape index (κ1) is 26.6. The second-order valence-corrected chi connectivity index (χ2v) is 9.82. The van der Waals surface area contributed by atoms with E-state index in [0.717, 1.165) is 23.9 Å². The van der Waals surface area contributed by atoms with Crippen molar-refractivity contribution in [3.05, 3.63) is 88.9 Å². The molecule has 10 heteroatoms. The highest BCUT2D eigenvalue weighted by atomic mass is 35.5. The van der Waals surface area contributed by atoms with Crippen molar-refractivity contribution in [1.82, 2.24) is 25.2 Å². The predicted molar refractivity (Wildman–Crippen MR) is 147 cm³/mol. The van der Waals surface area contributed by atoms with Crippen LogP contribution in [-0.2, 0) is 27.4 Å². The highest BCUT2D eigenvalue weighted by molar-refractivity contribution is 6.31. The van der Waals surface area contributed by atoms with Gasteiger partial charge < -0.3 is 19.7 Å². The van der Waals surface area contributed by atoms with Crippen molar-refractivity contribution >= 4 is 34.4 Å². The van der Waals surface area contributed by atoms with Crippen molar-refractivity contribution in [3.8, 4) is 5.75 Å². The first-order valence-electron chi connectivity index (χ1n) is 12.9. The van der Waals surface area contributed by atoms with Crippen molar-refractivity contribution in [2.24, 2.45) is 0 Å². The molecule has 2 amide bonds. The molecule has 2 atom stereocenters. The standard InChI is InChI=1S/C29H30ClN5O4/c1-38-22-10-6-9-20(16-22)28(29(37)31-17-23-11-7-15-39-23)34(18-21-8-2-3-12-24(21)30)27(36)19-35-26-14-5-4-13-25(26)32-33-35/h2-6,8-10,12-14,16,23,28H,7,11,15,17-19H2,1H3,(H,31,37)/t23-,28+/m1/s1. The Labute approximate surface area is 231 Å². The number of benzene rings is 3. The molecule has 3 aromatic carbocycles. The number of carbonyl (C=O) groups excluding carboxylic acids is 2. The highest BCUT2D eigenvalue weighted by Gasteiger charge is 2.33. The summed E-state index contributed by atoms with van der Waals surface area (Å²) in [6.45, 7) is 1.05. The van der Waals surface area contributed by atoms with E-state index in [-0.39, 0.29) is 31.0 Å². The van der Waals surface area contributed by atoms with Crippen LogP contribution in [0, 0.1) is 0 Å². The van der Waals surface area contributed by atoms with Crippen LogP contribution in [0.2, 0.25) is 5.02 Å². The fourth-order valence-electron chi connectivity index (χ4n) is 4.79. The summed E-state index contributed by atoms with van der Waals surface area (Å²) in [5.41, 5.74) is 2.74. The van der Waals surface area contributed by atoms with Crippen LogP contribution in [0.5, 0.6) is 5.75 Å². The number of ether oxygens (including phenoxy) is 2. The number of methoxy groups -OCH3 is 1. The van der Waals surface area contributed by atoms with Gasteiger partial charge in [-0.3, -0.25) is 9.59 Å². The topological polar surface area (TPSA) is 98.6 Å². The summed E-state index contributed by atoms with van der Waals surface area (Å²) in [7, 11) is 1.56. The third-order valence-corrected chi connectivity index (χ3v) is 7.19. The van der Waals surface area contributed by atoms with Crippen LogP contribution in [0.15, 0.2) is 72.8 Å². The van der Waals surface area contributed by atoms with Crippen LogP contribution in [0.3, 0.4) is 0 Å². The van der Waals surface area contributed by atoms with E-state index in [2.05, 4.69) is 15.6 Å². The SMILES string of the molecule is COc1cccc([C@@H](C(=O)NC[C@H]2CCCO2)N(Cc2ccccc2Cl)C(=O)Cn2nnc3ccccc32)c1. The van der Waals surface area contributed by atoms with Crippen molar-refractivity contribution < 1.29 is 19.1 Å². The minimum Gasteiger partial charge on any atom is -0.497 e. The molecule has 1 N–H and O–H groups in total. The molecule has 4 aromatic rings. The lowest BCUT2D eigenvalue weighted by atomic mass is 10.0. The van der Waals surface area contributed by atoms with Gasteiger partial charge in [-0.15, -0.1) is 5.10 Å². The number of hydrogen-bond acceptors (Lipinski definition) is 6. The summed E-state index contributed by atoms with van der Waals surface area (Å²) in [4.78, 5) is 29.5. The van der Waals surface area contributed by atoms with Gasteiger partial charge in [-0.25, -0.2) is 4.68 Å². The fourth-order valence-corrected chi connectivity index (χ4v) is 4.98. The van der Waals surface area contributed by atoms with Crippen molar-refractivity contribution in [3.63, 3.8) is 0 Å². The van der Waals surface area contributed by atoms with E-state index in [0.29, 0.717) is 35.0 Å². The number of aromatic nitrogens is 3. The first-order chi connectivity index (χ1) is 19.0. The molecule has 39 heavy (non-hydrogen) atoms. The lowest BCUT2D eigenvalue weighted by Gasteiger charge is -2.32. The fraction of sp³-hybridized carbons (Fsp3) is 0.310. The van der Waals surface area contributed by atoms with Crippen molar-refractivity contribution in [2.75, 3.05) is 20.3 Å². The largest absolute Gasteiger partial charge is 0.497 e. The number of nitrogens with zero attached hydrogens (tertiary/aromatic N) is 4. The van der Waals surface area contributed by atoms with Gasteiger partial charge in [-0.2, -0.15) is 0 Å². The van der Waals surface area contributed by atoms with E-state index in [9.17, 15) is 9.59 Å². The molecular weight excluding hydrogens is 518 g/mol. The summed E-state index contributed by atoms with van der Waals surface area (Å²) in [5.74, 6) is -0.0508. The van der Waals surface area contributed by atoms with Gasteiger partial charge in [-0.1, -0.05) is 59.3 Å². The number of para-hydroxylation sites is 1. The molecule has 1 aromatic heterocycles. The third-order valence-electron chi connectivity index (χ3n) is 6.82. The minimum absolute atomic E-state index is 0.0471. The summed E-state index contributed by atoms with van der Waals surface area (Å²) in [5, 5.41) is 11.9. The van der Waals surface area contributed by atoms with Gasteiger partial charge in [-0.05, 0) is 54.3 Å². The quantitative estimate of drug-likeness (QED) is 0.320. The Hall–Kier alpha value is -3.95. The summed E-state index contributed by atoms with van der Waals surface area (Å²) in [6.07, 6.45) is 1.79. The third kappa shape index (κ3) is 6.21. The van der Waals surface area contributed by atoms with E-state index in [1.54, 1.807) is 36.1 Å². The summed E-state index contributed by atoms with van der Waals surface area (Å²) >= 11 is 6.52. The minimum atomic E-state index is -0.958. The average Bonchev–Trinajstić information content (AvgIpc) is 3.63. The normalized spacial score (nSPS) is 15.7. The van der Waals surface area contributed by atoms with Gasteiger partial charge in [0.1, 0.15) is 23.9 Å². The zero-order valence-electron chi connectivity index (χ0n) is 21.6. The number of nitrogens with one attached hydrogen (secondary N) is 1. The number of amides is 2. The summed E-state index contributed by atoms with van der Waals surface area (Å²) < 4.78 is 12.7. The Morgan fingerprint density at radius 3 is 2.77 bits per heavy atom. The molecule has 0 aliphatic carbocycles. The Kier molecular flexibility index (Phi) is 8.39. The van der Waals surface area contributed by atoms with Crippen LogP contribution in [0.4, 0.5) is 0 Å². The predicted octanol–water partition coefficient (Wildman–Crippen LogP) is 4.16. The Morgan fingerprint density at radius 1 is 1.15 bits per heavy atom.